The van der Waals surface area contributed by atoms with Gasteiger partial charge in [0.25, 0.3) is 5.91 Å². The summed E-state index contributed by atoms with van der Waals surface area (Å²) < 4.78 is 19.3. The third-order valence-electron chi connectivity index (χ3n) is 9.41. The molecule has 1 spiro atoms. The van der Waals surface area contributed by atoms with Crippen LogP contribution in [0, 0.1) is 12.7 Å². The molecular formula is C37H41FN4O3. The third kappa shape index (κ3) is 6.30. The molecule has 45 heavy (non-hydrogen) atoms. The van der Waals surface area contributed by atoms with Crippen LogP contribution in [0.4, 0.5) is 10.1 Å². The van der Waals surface area contributed by atoms with Gasteiger partial charge >= 0.3 is 0 Å². The van der Waals surface area contributed by atoms with Crippen molar-refractivity contribution in [3.8, 4) is 0 Å². The van der Waals surface area contributed by atoms with E-state index in [0.29, 0.717) is 39.0 Å². The first-order valence-electron chi connectivity index (χ1n) is 15.8. The minimum Gasteiger partial charge on any atom is -0.367 e. The van der Waals surface area contributed by atoms with Gasteiger partial charge in [0, 0.05) is 45.5 Å². The van der Waals surface area contributed by atoms with Crippen LogP contribution in [0.1, 0.15) is 42.1 Å². The van der Waals surface area contributed by atoms with E-state index in [1.165, 1.54) is 41.1 Å². The van der Waals surface area contributed by atoms with Crippen LogP contribution in [-0.4, -0.2) is 67.1 Å². The summed E-state index contributed by atoms with van der Waals surface area (Å²) >= 11 is 0. The molecule has 0 bridgehead atoms. The fourth-order valence-electron chi connectivity index (χ4n) is 7.06. The van der Waals surface area contributed by atoms with Crippen LogP contribution in [0.25, 0.3) is 10.8 Å². The summed E-state index contributed by atoms with van der Waals surface area (Å²) in [5.74, 6) is -0.386. The summed E-state index contributed by atoms with van der Waals surface area (Å²) in [7, 11) is 1.53. The topological polar surface area (TPSA) is 65.1 Å². The number of carbonyl (C=O) groups is 2. The van der Waals surface area contributed by atoms with E-state index in [0.717, 1.165) is 30.9 Å². The predicted octanol–water partition coefficient (Wildman–Crippen LogP) is 5.82. The monoisotopic (exact) mass is 608 g/mol. The molecule has 0 radical (unpaired) electrons. The molecule has 8 heteroatoms. The molecular weight excluding hydrogens is 567 g/mol. The minimum absolute atomic E-state index is 0.109. The van der Waals surface area contributed by atoms with E-state index in [1.54, 1.807) is 12.1 Å². The number of rotatable bonds is 10. The first kappa shape index (κ1) is 30.7. The molecule has 2 fully saturated rings. The van der Waals surface area contributed by atoms with E-state index >= 15 is 0 Å². The standard InChI is InChI=1S/C37H41FN4O3/c1-27-9-6-12-28-13-7-14-30(33(27)28)25-40-23-19-37(20-24-40)36(44)41(26-42(37)32-17-15-31(38)16-18-32)22-8-21-39-35(43)34(45-2)29-10-4-3-5-11-29/h3-7,9-18,34H,8,19-26H2,1-2H3,(H,39,43)/t34-/m1/s1. The minimum atomic E-state index is -0.681. The Bertz CT molecular complexity index is 1630. The Labute approximate surface area is 264 Å². The van der Waals surface area contributed by atoms with E-state index in [1.807, 2.05) is 35.2 Å². The highest BCUT2D eigenvalue weighted by molar-refractivity contribution is 5.93. The number of benzene rings is 4. The van der Waals surface area contributed by atoms with E-state index in [9.17, 15) is 14.0 Å². The largest absolute Gasteiger partial charge is 0.367 e. The number of likely N-dealkylation sites (tertiary alicyclic amines) is 1. The van der Waals surface area contributed by atoms with E-state index in [2.05, 4.69) is 58.4 Å². The number of amides is 2. The fourth-order valence-corrected chi connectivity index (χ4v) is 7.06. The molecule has 0 aliphatic carbocycles. The number of ether oxygens (including phenoxy) is 1. The zero-order valence-electron chi connectivity index (χ0n) is 26.0. The summed E-state index contributed by atoms with van der Waals surface area (Å²) in [6.07, 6.45) is 1.31. The molecule has 2 aliphatic heterocycles. The van der Waals surface area contributed by atoms with Crippen LogP contribution in [0.15, 0.2) is 91.0 Å². The quantitative estimate of drug-likeness (QED) is 0.230. The van der Waals surface area contributed by atoms with Gasteiger partial charge in [-0.25, -0.2) is 4.39 Å². The Hall–Kier alpha value is -4.27. The van der Waals surface area contributed by atoms with Crippen molar-refractivity contribution in [1.29, 1.82) is 0 Å². The van der Waals surface area contributed by atoms with Crippen LogP contribution >= 0.6 is 0 Å². The number of carbonyl (C=O) groups excluding carboxylic acids is 2. The Morgan fingerprint density at radius 3 is 2.38 bits per heavy atom. The molecule has 0 aromatic heterocycles. The lowest BCUT2D eigenvalue weighted by Gasteiger charge is -2.43. The number of anilines is 1. The number of aryl methyl sites for hydroxylation is 1. The van der Waals surface area contributed by atoms with Crippen molar-refractivity contribution in [2.24, 2.45) is 0 Å². The lowest BCUT2D eigenvalue weighted by atomic mass is 9.85. The van der Waals surface area contributed by atoms with Crippen LogP contribution in [0.3, 0.4) is 0 Å². The molecule has 2 saturated heterocycles. The first-order valence-corrected chi connectivity index (χ1v) is 15.8. The van der Waals surface area contributed by atoms with Gasteiger partial charge in [-0.15, -0.1) is 0 Å². The highest BCUT2D eigenvalue weighted by atomic mass is 19.1. The maximum Gasteiger partial charge on any atom is 0.253 e. The summed E-state index contributed by atoms with van der Waals surface area (Å²) in [5, 5.41) is 5.53. The zero-order valence-corrected chi connectivity index (χ0v) is 26.0. The summed E-state index contributed by atoms with van der Waals surface area (Å²) in [6.45, 7) is 5.94. The van der Waals surface area contributed by atoms with Gasteiger partial charge in [-0.05, 0) is 77.9 Å². The molecule has 0 saturated carbocycles. The summed E-state index contributed by atoms with van der Waals surface area (Å²) in [4.78, 5) is 33.5. The number of hydrogen-bond donors (Lipinski definition) is 1. The summed E-state index contributed by atoms with van der Waals surface area (Å²) in [5.41, 5.74) is 3.55. The SMILES string of the molecule is CO[C@@H](C(=O)NCCCN1CN(c2ccc(F)cc2)C2(CCN(Cc3cccc4cccc(C)c34)CC2)C1=O)c1ccccc1. The van der Waals surface area contributed by atoms with Gasteiger partial charge in [-0.2, -0.15) is 0 Å². The predicted molar refractivity (Wildman–Crippen MR) is 175 cm³/mol. The van der Waals surface area contributed by atoms with Crippen molar-refractivity contribution in [2.45, 2.75) is 44.4 Å². The van der Waals surface area contributed by atoms with Crippen LogP contribution in [0.5, 0.6) is 0 Å². The molecule has 2 heterocycles. The molecule has 4 aromatic rings. The highest BCUT2D eigenvalue weighted by Gasteiger charge is 2.53. The van der Waals surface area contributed by atoms with Crippen LogP contribution in [-0.2, 0) is 20.9 Å². The molecule has 2 amide bonds. The maximum atomic E-state index is 14.2. The second kappa shape index (κ2) is 13.4. The zero-order chi connectivity index (χ0) is 31.4. The molecule has 7 nitrogen and oxygen atoms in total. The van der Waals surface area contributed by atoms with Gasteiger partial charge in [-0.3, -0.25) is 14.5 Å². The Morgan fingerprint density at radius 1 is 0.956 bits per heavy atom. The molecule has 4 aromatic carbocycles. The van der Waals surface area contributed by atoms with Gasteiger partial charge in [0.05, 0.1) is 6.67 Å². The number of piperidine rings is 1. The van der Waals surface area contributed by atoms with Gasteiger partial charge in [0.15, 0.2) is 6.10 Å². The van der Waals surface area contributed by atoms with Crippen molar-refractivity contribution < 1.29 is 18.7 Å². The smallest absolute Gasteiger partial charge is 0.253 e. The lowest BCUT2D eigenvalue weighted by molar-refractivity contribution is -0.133. The second-order valence-corrected chi connectivity index (χ2v) is 12.2. The third-order valence-corrected chi connectivity index (χ3v) is 9.41. The first-order chi connectivity index (χ1) is 21.9. The lowest BCUT2D eigenvalue weighted by Crippen LogP contribution is -2.56. The van der Waals surface area contributed by atoms with Gasteiger partial charge in [0.2, 0.25) is 5.91 Å². The van der Waals surface area contributed by atoms with Crippen molar-refractivity contribution >= 4 is 28.3 Å². The Kier molecular flexibility index (Phi) is 9.14. The number of fused-ring (bicyclic) bond motifs is 1. The molecule has 1 N–H and O–H groups in total. The molecule has 2 aliphatic rings. The number of nitrogens with one attached hydrogen (secondary N) is 1. The van der Waals surface area contributed by atoms with Crippen molar-refractivity contribution in [3.05, 3.63) is 114 Å². The fraction of sp³-hybridized carbons (Fsp3) is 0.351. The van der Waals surface area contributed by atoms with Gasteiger partial charge in [0.1, 0.15) is 11.4 Å². The average Bonchev–Trinajstić information content (AvgIpc) is 3.32. The Morgan fingerprint density at radius 2 is 1.67 bits per heavy atom. The number of nitrogens with zero attached hydrogens (tertiary/aromatic N) is 3. The molecule has 234 valence electrons. The van der Waals surface area contributed by atoms with Crippen molar-refractivity contribution in [1.82, 2.24) is 15.1 Å². The summed E-state index contributed by atoms with van der Waals surface area (Å²) in [6, 6.07) is 28.8. The number of hydrogen-bond acceptors (Lipinski definition) is 5. The van der Waals surface area contributed by atoms with Crippen molar-refractivity contribution in [3.63, 3.8) is 0 Å². The molecule has 0 unspecified atom stereocenters. The maximum absolute atomic E-state index is 14.2. The number of halogens is 1. The molecule has 1 atom stereocenters. The normalized spacial score (nSPS) is 17.3. The van der Waals surface area contributed by atoms with Gasteiger partial charge in [-0.1, -0.05) is 66.7 Å². The van der Waals surface area contributed by atoms with Crippen molar-refractivity contribution in [2.75, 3.05) is 44.9 Å². The van der Waals surface area contributed by atoms with E-state index in [-0.39, 0.29) is 17.6 Å². The second-order valence-electron chi connectivity index (χ2n) is 12.2. The van der Waals surface area contributed by atoms with Crippen LogP contribution in [0.2, 0.25) is 0 Å². The highest BCUT2D eigenvalue weighted by Crippen LogP contribution is 2.40. The molecule has 6 rings (SSSR count). The van der Waals surface area contributed by atoms with E-state index < -0.39 is 11.6 Å². The Balaban J connectivity index is 1.12. The average molecular weight is 609 g/mol. The van der Waals surface area contributed by atoms with Gasteiger partial charge < -0.3 is 19.9 Å². The van der Waals surface area contributed by atoms with E-state index in [4.69, 9.17) is 4.74 Å². The van der Waals surface area contributed by atoms with Crippen LogP contribution < -0.4 is 10.2 Å². The number of methoxy groups -OCH3 is 1.